The SMILES string of the molecule is CCN1C(=S)N[C@H](c2ccccn2)[C@H]1c1cccn1-c1ccc(C)cn1. The van der Waals surface area contributed by atoms with Crippen molar-refractivity contribution in [2.24, 2.45) is 0 Å². The van der Waals surface area contributed by atoms with E-state index in [4.69, 9.17) is 12.2 Å². The zero-order chi connectivity index (χ0) is 18.1. The number of nitrogens with zero attached hydrogens (tertiary/aromatic N) is 4. The van der Waals surface area contributed by atoms with Gasteiger partial charge >= 0.3 is 0 Å². The summed E-state index contributed by atoms with van der Waals surface area (Å²) in [5.41, 5.74) is 3.28. The Hall–Kier alpha value is -2.73. The molecular weight excluding hydrogens is 342 g/mol. The molecule has 0 saturated carbocycles. The summed E-state index contributed by atoms with van der Waals surface area (Å²) in [4.78, 5) is 11.4. The summed E-state index contributed by atoms with van der Waals surface area (Å²) < 4.78 is 2.14. The monoisotopic (exact) mass is 363 g/mol. The maximum atomic E-state index is 5.61. The van der Waals surface area contributed by atoms with E-state index in [0.29, 0.717) is 0 Å². The molecule has 2 atom stereocenters. The number of hydrogen-bond donors (Lipinski definition) is 1. The van der Waals surface area contributed by atoms with Crippen molar-refractivity contribution in [2.75, 3.05) is 6.54 Å². The van der Waals surface area contributed by atoms with Gasteiger partial charge in [-0.15, -0.1) is 0 Å². The van der Waals surface area contributed by atoms with Crippen LogP contribution >= 0.6 is 12.2 Å². The molecule has 4 heterocycles. The topological polar surface area (TPSA) is 46.0 Å². The van der Waals surface area contributed by atoms with Gasteiger partial charge in [-0.1, -0.05) is 12.1 Å². The summed E-state index contributed by atoms with van der Waals surface area (Å²) in [6, 6.07) is 14.4. The molecule has 5 nitrogen and oxygen atoms in total. The third kappa shape index (κ3) is 2.86. The van der Waals surface area contributed by atoms with Crippen LogP contribution < -0.4 is 5.32 Å². The minimum Gasteiger partial charge on any atom is -0.352 e. The predicted octanol–water partition coefficient (Wildman–Crippen LogP) is 3.57. The summed E-state index contributed by atoms with van der Waals surface area (Å²) in [5, 5.41) is 4.22. The average molecular weight is 363 g/mol. The van der Waals surface area contributed by atoms with Crippen LogP contribution in [0.15, 0.2) is 61.1 Å². The largest absolute Gasteiger partial charge is 0.352 e. The Kier molecular flexibility index (Phi) is 4.42. The maximum absolute atomic E-state index is 5.61. The van der Waals surface area contributed by atoms with Crippen LogP contribution in [-0.2, 0) is 0 Å². The first-order valence-corrected chi connectivity index (χ1v) is 9.18. The highest BCUT2D eigenvalue weighted by Crippen LogP contribution is 2.39. The summed E-state index contributed by atoms with van der Waals surface area (Å²) in [7, 11) is 0. The first kappa shape index (κ1) is 16.7. The number of pyridine rings is 2. The molecule has 1 fully saturated rings. The molecule has 1 aliphatic rings. The van der Waals surface area contributed by atoms with Gasteiger partial charge in [-0.3, -0.25) is 4.98 Å². The second-order valence-electron chi connectivity index (χ2n) is 6.41. The second kappa shape index (κ2) is 6.88. The zero-order valence-corrected chi connectivity index (χ0v) is 15.6. The number of aryl methyl sites for hydroxylation is 1. The van der Waals surface area contributed by atoms with E-state index in [0.717, 1.165) is 34.4 Å². The van der Waals surface area contributed by atoms with Crippen LogP contribution in [0.25, 0.3) is 5.82 Å². The van der Waals surface area contributed by atoms with Crippen molar-refractivity contribution >= 4 is 17.3 Å². The van der Waals surface area contributed by atoms with Crippen molar-refractivity contribution in [3.05, 3.63) is 78.0 Å². The van der Waals surface area contributed by atoms with Crippen LogP contribution in [0, 0.1) is 6.92 Å². The van der Waals surface area contributed by atoms with E-state index in [1.165, 1.54) is 0 Å². The lowest BCUT2D eigenvalue weighted by atomic mass is 10.0. The third-order valence-electron chi connectivity index (χ3n) is 4.76. The number of nitrogens with one attached hydrogen (secondary N) is 1. The highest BCUT2D eigenvalue weighted by Gasteiger charge is 2.40. The average Bonchev–Trinajstić information content (AvgIpc) is 3.27. The normalized spacial score (nSPS) is 19.6. The standard InChI is InChI=1S/C20H21N5S/c1-3-24-19(18(23-20(24)26)15-7-4-5-11-21-15)16-8-6-12-25(16)17-10-9-14(2)13-22-17/h4-13,18-19H,3H2,1-2H3,(H,23,26)/t18-,19-/m1/s1. The summed E-state index contributed by atoms with van der Waals surface area (Å²) in [6.07, 6.45) is 5.77. The van der Waals surface area contributed by atoms with Crippen LogP contribution in [-0.4, -0.2) is 31.1 Å². The van der Waals surface area contributed by atoms with Crippen molar-refractivity contribution in [2.45, 2.75) is 25.9 Å². The minimum absolute atomic E-state index is 0.00254. The van der Waals surface area contributed by atoms with Gasteiger partial charge in [0, 0.05) is 30.8 Å². The van der Waals surface area contributed by atoms with Gasteiger partial charge in [0.2, 0.25) is 0 Å². The molecule has 0 unspecified atom stereocenters. The molecule has 0 bridgehead atoms. The molecule has 26 heavy (non-hydrogen) atoms. The molecule has 0 amide bonds. The summed E-state index contributed by atoms with van der Waals surface area (Å²) >= 11 is 5.61. The van der Waals surface area contributed by atoms with Gasteiger partial charge in [-0.05, 0) is 62.0 Å². The first-order valence-electron chi connectivity index (χ1n) is 8.77. The zero-order valence-electron chi connectivity index (χ0n) is 14.8. The molecule has 1 saturated heterocycles. The van der Waals surface area contributed by atoms with Crippen LogP contribution in [0.3, 0.4) is 0 Å². The molecular formula is C20H21N5S. The van der Waals surface area contributed by atoms with E-state index >= 15 is 0 Å². The Morgan fingerprint density at radius 3 is 2.69 bits per heavy atom. The lowest BCUT2D eigenvalue weighted by Crippen LogP contribution is -2.30. The first-order chi connectivity index (χ1) is 12.7. The summed E-state index contributed by atoms with van der Waals surface area (Å²) in [5.74, 6) is 0.907. The van der Waals surface area contributed by atoms with Gasteiger partial charge < -0.3 is 14.8 Å². The highest BCUT2D eigenvalue weighted by atomic mass is 32.1. The fourth-order valence-corrected chi connectivity index (χ4v) is 3.88. The van der Waals surface area contributed by atoms with Gasteiger partial charge in [0.05, 0.1) is 17.8 Å². The number of hydrogen-bond acceptors (Lipinski definition) is 3. The predicted molar refractivity (Wildman–Crippen MR) is 106 cm³/mol. The Morgan fingerprint density at radius 2 is 2.00 bits per heavy atom. The molecule has 3 aromatic heterocycles. The quantitative estimate of drug-likeness (QED) is 0.718. The molecule has 0 spiro atoms. The van der Waals surface area contributed by atoms with Crippen LogP contribution in [0.4, 0.5) is 0 Å². The van der Waals surface area contributed by atoms with E-state index in [1.807, 2.05) is 43.6 Å². The van der Waals surface area contributed by atoms with Crippen LogP contribution in [0.1, 0.15) is 36.0 Å². The molecule has 4 rings (SSSR count). The van der Waals surface area contributed by atoms with E-state index in [1.54, 1.807) is 0 Å². The van der Waals surface area contributed by atoms with Crippen molar-refractivity contribution < 1.29 is 0 Å². The molecule has 0 radical (unpaired) electrons. The van der Waals surface area contributed by atoms with Gasteiger partial charge in [-0.25, -0.2) is 4.98 Å². The molecule has 3 aromatic rings. The number of rotatable bonds is 4. The second-order valence-corrected chi connectivity index (χ2v) is 6.80. The van der Waals surface area contributed by atoms with Crippen molar-refractivity contribution in [1.82, 2.24) is 24.8 Å². The Balaban J connectivity index is 1.80. The lowest BCUT2D eigenvalue weighted by Gasteiger charge is -2.27. The van der Waals surface area contributed by atoms with E-state index in [2.05, 4.69) is 56.1 Å². The van der Waals surface area contributed by atoms with Gasteiger partial charge in [-0.2, -0.15) is 0 Å². The van der Waals surface area contributed by atoms with E-state index in [-0.39, 0.29) is 12.1 Å². The van der Waals surface area contributed by atoms with Gasteiger partial charge in [0.1, 0.15) is 5.82 Å². The van der Waals surface area contributed by atoms with Crippen molar-refractivity contribution in [3.8, 4) is 5.82 Å². The summed E-state index contributed by atoms with van der Waals surface area (Å²) in [6.45, 7) is 4.99. The minimum atomic E-state index is 0.00254. The number of likely N-dealkylation sites (N-methyl/N-ethyl adjacent to an activating group) is 1. The van der Waals surface area contributed by atoms with E-state index < -0.39 is 0 Å². The molecule has 132 valence electrons. The lowest BCUT2D eigenvalue weighted by molar-refractivity contribution is 0.321. The molecule has 0 aliphatic carbocycles. The van der Waals surface area contributed by atoms with Gasteiger partial charge in [0.25, 0.3) is 0 Å². The third-order valence-corrected chi connectivity index (χ3v) is 5.12. The Bertz CT molecular complexity index is 903. The number of aromatic nitrogens is 3. The van der Waals surface area contributed by atoms with Crippen LogP contribution in [0.5, 0.6) is 0 Å². The van der Waals surface area contributed by atoms with Crippen LogP contribution in [0.2, 0.25) is 0 Å². The molecule has 1 aliphatic heterocycles. The fourth-order valence-electron chi connectivity index (χ4n) is 3.51. The molecule has 1 N–H and O–H groups in total. The molecule has 0 aromatic carbocycles. The van der Waals surface area contributed by atoms with E-state index in [9.17, 15) is 0 Å². The fraction of sp³-hybridized carbons (Fsp3) is 0.250. The maximum Gasteiger partial charge on any atom is 0.170 e. The smallest absolute Gasteiger partial charge is 0.170 e. The number of thiocarbonyl (C=S) groups is 1. The Morgan fingerprint density at radius 1 is 1.12 bits per heavy atom. The highest BCUT2D eigenvalue weighted by molar-refractivity contribution is 7.80. The Labute approximate surface area is 158 Å². The van der Waals surface area contributed by atoms with Gasteiger partial charge in [0.15, 0.2) is 5.11 Å². The molecule has 6 heteroatoms. The van der Waals surface area contributed by atoms with Crippen molar-refractivity contribution in [3.63, 3.8) is 0 Å². The van der Waals surface area contributed by atoms with Crippen molar-refractivity contribution in [1.29, 1.82) is 0 Å².